The highest BCUT2D eigenvalue weighted by atomic mass is 35.5. The van der Waals surface area contributed by atoms with E-state index in [-0.39, 0.29) is 0 Å². The van der Waals surface area contributed by atoms with Crippen LogP contribution in [-0.2, 0) is 6.54 Å². The van der Waals surface area contributed by atoms with E-state index in [1.165, 1.54) is 11.5 Å². The lowest BCUT2D eigenvalue weighted by molar-refractivity contribution is 0.111. The molecule has 1 saturated heterocycles. The Hall–Kier alpha value is -1.21. The fraction of sp³-hybridized carbons (Fsp3) is 0.467. The van der Waals surface area contributed by atoms with Gasteiger partial charge in [0.15, 0.2) is 0 Å². The van der Waals surface area contributed by atoms with Crippen LogP contribution in [0.5, 0.6) is 5.75 Å². The van der Waals surface area contributed by atoms with Crippen LogP contribution >= 0.6 is 23.1 Å². The average molecular weight is 339 g/mol. The maximum absolute atomic E-state index is 6.08. The van der Waals surface area contributed by atoms with Gasteiger partial charge < -0.3 is 4.74 Å². The summed E-state index contributed by atoms with van der Waals surface area (Å²) in [5.41, 5.74) is 1.07. The second-order valence-electron chi connectivity index (χ2n) is 5.29. The molecule has 118 valence electrons. The number of nitrogens with zero attached hydrogens (tertiary/aromatic N) is 4. The number of halogens is 1. The van der Waals surface area contributed by atoms with Gasteiger partial charge in [0.05, 0.1) is 10.7 Å². The lowest BCUT2D eigenvalue weighted by atomic mass is 10.3. The number of hydrogen-bond donors (Lipinski definition) is 0. The molecule has 1 aromatic carbocycles. The van der Waals surface area contributed by atoms with Crippen molar-refractivity contribution in [2.75, 3.05) is 39.3 Å². The minimum Gasteiger partial charge on any atom is -0.491 e. The number of aromatic nitrogens is 2. The van der Waals surface area contributed by atoms with E-state index < -0.39 is 0 Å². The normalized spacial score (nSPS) is 16.8. The monoisotopic (exact) mass is 338 g/mol. The zero-order valence-corrected chi connectivity index (χ0v) is 13.9. The Balaban J connectivity index is 1.36. The molecule has 2 heterocycles. The molecule has 0 N–H and O–H groups in total. The number of rotatable bonds is 6. The molecule has 0 bridgehead atoms. The Bertz CT molecular complexity index is 573. The average Bonchev–Trinajstić information content (AvgIpc) is 3.04. The highest BCUT2D eigenvalue weighted by molar-refractivity contribution is 7.03. The molecule has 1 aliphatic heterocycles. The molecule has 2 aromatic rings. The quantitative estimate of drug-likeness (QED) is 0.809. The number of ether oxygens (including phenoxy) is 1. The number of hydrogen-bond acceptors (Lipinski definition) is 6. The summed E-state index contributed by atoms with van der Waals surface area (Å²) in [5, 5.41) is 6.79. The first-order chi connectivity index (χ1) is 10.8. The standard InChI is InChI=1S/C15H19ClN4OS/c16-14-3-1-2-4-15(14)21-10-9-19-5-7-20(8-6-19)11-13-12-22-18-17-13/h1-4,12H,5-11H2. The third-order valence-corrected chi connectivity index (χ3v) is 4.62. The second kappa shape index (κ2) is 7.87. The minimum absolute atomic E-state index is 0.666. The van der Waals surface area contributed by atoms with Crippen LogP contribution in [0.25, 0.3) is 0 Å². The highest BCUT2D eigenvalue weighted by Gasteiger charge is 2.17. The molecule has 0 amide bonds. The number of piperazine rings is 1. The van der Waals surface area contributed by atoms with Crippen molar-refractivity contribution < 1.29 is 4.74 Å². The molecule has 5 nitrogen and oxygen atoms in total. The van der Waals surface area contributed by atoms with Crippen LogP contribution in [0.15, 0.2) is 29.6 Å². The molecule has 7 heteroatoms. The van der Waals surface area contributed by atoms with Crippen LogP contribution in [0, 0.1) is 0 Å². The third-order valence-electron chi connectivity index (χ3n) is 3.76. The van der Waals surface area contributed by atoms with Gasteiger partial charge in [0.25, 0.3) is 0 Å². The summed E-state index contributed by atoms with van der Waals surface area (Å²) in [6, 6.07) is 7.60. The van der Waals surface area contributed by atoms with E-state index in [0.29, 0.717) is 11.6 Å². The van der Waals surface area contributed by atoms with Gasteiger partial charge in [-0.1, -0.05) is 28.2 Å². The molecule has 0 saturated carbocycles. The van der Waals surface area contributed by atoms with Crippen LogP contribution < -0.4 is 4.74 Å². The van der Waals surface area contributed by atoms with Gasteiger partial charge in [-0.3, -0.25) is 9.80 Å². The summed E-state index contributed by atoms with van der Waals surface area (Å²) in [7, 11) is 0. The van der Waals surface area contributed by atoms with E-state index in [1.807, 2.05) is 29.6 Å². The van der Waals surface area contributed by atoms with Gasteiger partial charge >= 0.3 is 0 Å². The summed E-state index contributed by atoms with van der Waals surface area (Å²) >= 11 is 7.49. The first-order valence-electron chi connectivity index (χ1n) is 7.39. The molecule has 0 atom stereocenters. The lowest BCUT2D eigenvalue weighted by Crippen LogP contribution is -2.47. The first kappa shape index (κ1) is 15.7. The molecule has 0 aliphatic carbocycles. The summed E-state index contributed by atoms with van der Waals surface area (Å²) in [5.74, 6) is 0.763. The highest BCUT2D eigenvalue weighted by Crippen LogP contribution is 2.22. The van der Waals surface area contributed by atoms with Crippen molar-refractivity contribution >= 4 is 23.1 Å². The largest absolute Gasteiger partial charge is 0.491 e. The van der Waals surface area contributed by atoms with E-state index >= 15 is 0 Å². The molecule has 22 heavy (non-hydrogen) atoms. The van der Waals surface area contributed by atoms with E-state index in [2.05, 4.69) is 19.4 Å². The topological polar surface area (TPSA) is 41.5 Å². The summed E-state index contributed by atoms with van der Waals surface area (Å²) < 4.78 is 9.65. The van der Waals surface area contributed by atoms with Crippen LogP contribution in [-0.4, -0.2) is 58.7 Å². The van der Waals surface area contributed by atoms with Crippen molar-refractivity contribution in [3.05, 3.63) is 40.4 Å². The van der Waals surface area contributed by atoms with Crippen LogP contribution in [0.4, 0.5) is 0 Å². The minimum atomic E-state index is 0.666. The summed E-state index contributed by atoms with van der Waals surface area (Å²) in [6.45, 7) is 6.73. The van der Waals surface area contributed by atoms with Crippen molar-refractivity contribution in [1.82, 2.24) is 19.4 Å². The Labute approximate surface area is 139 Å². The van der Waals surface area contributed by atoms with Gasteiger partial charge in [0.2, 0.25) is 0 Å². The van der Waals surface area contributed by atoms with Crippen molar-refractivity contribution in [1.29, 1.82) is 0 Å². The second-order valence-corrected chi connectivity index (χ2v) is 6.31. The molecular formula is C15H19ClN4OS. The van der Waals surface area contributed by atoms with E-state index in [4.69, 9.17) is 16.3 Å². The number of benzene rings is 1. The fourth-order valence-corrected chi connectivity index (χ4v) is 3.13. The maximum Gasteiger partial charge on any atom is 0.137 e. The van der Waals surface area contributed by atoms with Crippen molar-refractivity contribution in [3.8, 4) is 5.75 Å². The Kier molecular flexibility index (Phi) is 5.61. The third kappa shape index (κ3) is 4.39. The maximum atomic E-state index is 6.08. The van der Waals surface area contributed by atoms with Crippen LogP contribution in [0.1, 0.15) is 5.69 Å². The zero-order chi connectivity index (χ0) is 15.2. The van der Waals surface area contributed by atoms with Crippen LogP contribution in [0.3, 0.4) is 0 Å². The van der Waals surface area contributed by atoms with Crippen LogP contribution in [0.2, 0.25) is 5.02 Å². The van der Waals surface area contributed by atoms with Gasteiger partial charge in [-0.2, -0.15) is 0 Å². The zero-order valence-electron chi connectivity index (χ0n) is 12.3. The summed E-state index contributed by atoms with van der Waals surface area (Å²) in [4.78, 5) is 4.84. The van der Waals surface area contributed by atoms with Gasteiger partial charge in [-0.25, -0.2) is 0 Å². The molecule has 1 fully saturated rings. The van der Waals surface area contributed by atoms with Gasteiger partial charge in [-0.05, 0) is 23.7 Å². The molecule has 1 aromatic heterocycles. The van der Waals surface area contributed by atoms with E-state index in [0.717, 1.165) is 50.7 Å². The Morgan fingerprint density at radius 3 is 2.64 bits per heavy atom. The summed E-state index contributed by atoms with van der Waals surface area (Å²) in [6.07, 6.45) is 0. The van der Waals surface area contributed by atoms with Gasteiger partial charge in [0.1, 0.15) is 12.4 Å². The predicted molar refractivity (Wildman–Crippen MR) is 88.6 cm³/mol. The smallest absolute Gasteiger partial charge is 0.137 e. The molecular weight excluding hydrogens is 320 g/mol. The molecule has 0 unspecified atom stereocenters. The molecule has 0 spiro atoms. The molecule has 0 radical (unpaired) electrons. The van der Waals surface area contributed by atoms with Gasteiger partial charge in [0, 0.05) is 44.6 Å². The molecule has 1 aliphatic rings. The fourth-order valence-electron chi connectivity index (χ4n) is 2.50. The lowest BCUT2D eigenvalue weighted by Gasteiger charge is -2.34. The van der Waals surface area contributed by atoms with E-state index in [9.17, 15) is 0 Å². The SMILES string of the molecule is Clc1ccccc1OCCN1CCN(Cc2csnn2)CC1. The van der Waals surface area contributed by atoms with Crippen molar-refractivity contribution in [2.45, 2.75) is 6.54 Å². The first-order valence-corrected chi connectivity index (χ1v) is 8.61. The Morgan fingerprint density at radius 2 is 1.91 bits per heavy atom. The van der Waals surface area contributed by atoms with Gasteiger partial charge in [-0.15, -0.1) is 5.10 Å². The number of para-hydroxylation sites is 1. The van der Waals surface area contributed by atoms with Crippen molar-refractivity contribution in [2.24, 2.45) is 0 Å². The molecule has 3 rings (SSSR count). The van der Waals surface area contributed by atoms with E-state index in [1.54, 1.807) is 0 Å². The predicted octanol–water partition coefficient (Wildman–Crippen LogP) is 2.39. The van der Waals surface area contributed by atoms with Crippen molar-refractivity contribution in [3.63, 3.8) is 0 Å². The Morgan fingerprint density at radius 1 is 1.14 bits per heavy atom.